The van der Waals surface area contributed by atoms with E-state index in [9.17, 15) is 13.2 Å². The van der Waals surface area contributed by atoms with Crippen LogP contribution in [0.2, 0.25) is 0 Å². The Balaban J connectivity index is 1.17. The van der Waals surface area contributed by atoms with Crippen LogP contribution in [0.15, 0.2) is 48.5 Å². The number of piperidine rings is 1. The highest BCUT2D eigenvalue weighted by molar-refractivity contribution is 7.91. The van der Waals surface area contributed by atoms with Crippen molar-refractivity contribution in [1.29, 1.82) is 5.26 Å². The molecule has 2 saturated heterocycles. The second-order valence-corrected chi connectivity index (χ2v) is 12.2. The van der Waals surface area contributed by atoms with Gasteiger partial charge in [0.05, 0.1) is 24.1 Å². The molecule has 5 rings (SSSR count). The number of benzene rings is 2. The number of sulfone groups is 1. The van der Waals surface area contributed by atoms with Crippen LogP contribution in [0, 0.1) is 11.3 Å². The molecule has 0 saturated carbocycles. The van der Waals surface area contributed by atoms with Crippen molar-refractivity contribution in [2.75, 3.05) is 49.5 Å². The molecule has 2 aromatic carbocycles. The van der Waals surface area contributed by atoms with Gasteiger partial charge in [-0.3, -0.25) is 19.7 Å². The van der Waals surface area contributed by atoms with Crippen LogP contribution in [0.5, 0.6) is 0 Å². The van der Waals surface area contributed by atoms with E-state index in [1.165, 1.54) is 0 Å². The lowest BCUT2D eigenvalue weighted by Crippen LogP contribution is -2.39. The Bertz CT molecular complexity index is 1410. The summed E-state index contributed by atoms with van der Waals surface area (Å²) in [5.74, 6) is 1.96. The number of aromatic amines is 1. The van der Waals surface area contributed by atoms with Crippen LogP contribution in [0.4, 0.5) is 5.69 Å². The van der Waals surface area contributed by atoms with E-state index in [1.54, 1.807) is 6.07 Å². The van der Waals surface area contributed by atoms with Crippen LogP contribution < -0.4 is 5.32 Å². The lowest BCUT2D eigenvalue weighted by atomic mass is 9.96. The summed E-state index contributed by atoms with van der Waals surface area (Å²) in [6.07, 6.45) is 1.89. The summed E-state index contributed by atoms with van der Waals surface area (Å²) >= 11 is 0. The number of carbonyl (C=O) groups excluding carboxylic acids is 1. The molecule has 38 heavy (non-hydrogen) atoms. The fraction of sp³-hybridized carbons (Fsp3) is 0.407. The molecule has 3 heterocycles. The molecular formula is C27H31N7O3S. The molecule has 0 atom stereocenters. The molecule has 0 spiro atoms. The predicted molar refractivity (Wildman–Crippen MR) is 144 cm³/mol. The van der Waals surface area contributed by atoms with E-state index in [4.69, 9.17) is 10.2 Å². The summed E-state index contributed by atoms with van der Waals surface area (Å²) in [6.45, 7) is 3.87. The Kier molecular flexibility index (Phi) is 7.83. The van der Waals surface area contributed by atoms with Gasteiger partial charge in [-0.1, -0.05) is 12.1 Å². The van der Waals surface area contributed by atoms with Gasteiger partial charge in [-0.05, 0) is 67.9 Å². The molecule has 2 fully saturated rings. The minimum atomic E-state index is -2.92. The number of hydrogen-bond donors (Lipinski definition) is 2. The van der Waals surface area contributed by atoms with Gasteiger partial charge in [-0.25, -0.2) is 13.4 Å². The second-order valence-electron chi connectivity index (χ2n) is 9.91. The maximum absolute atomic E-state index is 12.9. The zero-order valence-corrected chi connectivity index (χ0v) is 22.0. The molecule has 1 aromatic heterocycles. The zero-order chi connectivity index (χ0) is 26.5. The highest BCUT2D eigenvalue weighted by Crippen LogP contribution is 2.27. The molecule has 0 bridgehead atoms. The monoisotopic (exact) mass is 533 g/mol. The minimum absolute atomic E-state index is 0.181. The molecule has 198 valence electrons. The van der Waals surface area contributed by atoms with Crippen LogP contribution >= 0.6 is 0 Å². The fourth-order valence-electron chi connectivity index (χ4n) is 4.93. The van der Waals surface area contributed by atoms with E-state index < -0.39 is 9.84 Å². The molecule has 0 radical (unpaired) electrons. The maximum Gasteiger partial charge on any atom is 0.255 e. The lowest BCUT2D eigenvalue weighted by Gasteiger charge is -2.28. The number of nitrogens with zero attached hydrogens (tertiary/aromatic N) is 5. The lowest BCUT2D eigenvalue weighted by molar-refractivity contribution is 0.102. The third kappa shape index (κ3) is 6.45. The summed E-state index contributed by atoms with van der Waals surface area (Å²) in [6, 6.07) is 17.1. The fourth-order valence-corrected chi connectivity index (χ4v) is 6.21. The van der Waals surface area contributed by atoms with Crippen LogP contribution in [-0.4, -0.2) is 83.5 Å². The quantitative estimate of drug-likeness (QED) is 0.443. The second kappa shape index (κ2) is 11.4. The number of aromatic nitrogens is 3. The van der Waals surface area contributed by atoms with Crippen LogP contribution in [-0.2, 0) is 16.4 Å². The summed E-state index contributed by atoms with van der Waals surface area (Å²) in [5.41, 5.74) is 3.06. The topological polar surface area (TPSA) is 135 Å². The normalized spacial score (nSPS) is 18.6. The predicted octanol–water partition coefficient (Wildman–Crippen LogP) is 2.66. The average Bonchev–Trinajstić information content (AvgIpc) is 3.42. The first-order valence-corrected chi connectivity index (χ1v) is 14.7. The van der Waals surface area contributed by atoms with Gasteiger partial charge >= 0.3 is 0 Å². The molecule has 11 heteroatoms. The number of anilines is 1. The van der Waals surface area contributed by atoms with Gasteiger partial charge in [0.1, 0.15) is 5.82 Å². The molecule has 10 nitrogen and oxygen atoms in total. The van der Waals surface area contributed by atoms with Crippen LogP contribution in [0.3, 0.4) is 0 Å². The highest BCUT2D eigenvalue weighted by Gasteiger charge is 2.24. The molecule has 0 unspecified atom stereocenters. The van der Waals surface area contributed by atoms with Crippen molar-refractivity contribution in [3.63, 3.8) is 0 Å². The first-order valence-electron chi connectivity index (χ1n) is 12.8. The van der Waals surface area contributed by atoms with Crippen molar-refractivity contribution in [3.05, 3.63) is 65.5 Å². The van der Waals surface area contributed by atoms with Gasteiger partial charge in [0.25, 0.3) is 5.91 Å². The Hall–Kier alpha value is -3.59. The summed E-state index contributed by atoms with van der Waals surface area (Å²) < 4.78 is 23.3. The summed E-state index contributed by atoms with van der Waals surface area (Å²) in [5, 5.41) is 19.3. The number of amides is 1. The number of carbonyl (C=O) groups is 1. The Morgan fingerprint density at radius 3 is 2.50 bits per heavy atom. The van der Waals surface area contributed by atoms with Gasteiger partial charge in [0.2, 0.25) is 0 Å². The van der Waals surface area contributed by atoms with Crippen molar-refractivity contribution >= 4 is 21.4 Å². The SMILES string of the molecule is N#CCN1CCC(c2nc(-c3ccc(NC(=O)c4cccc(CN5CCS(=O)(=O)CC5)c4)cc3)n[nH]2)CC1. The van der Waals surface area contributed by atoms with Crippen molar-refractivity contribution in [2.45, 2.75) is 25.3 Å². The number of likely N-dealkylation sites (tertiary alicyclic amines) is 1. The smallest absolute Gasteiger partial charge is 0.255 e. The summed E-state index contributed by atoms with van der Waals surface area (Å²) in [7, 11) is -2.92. The molecule has 3 aromatic rings. The van der Waals surface area contributed by atoms with Crippen LogP contribution in [0.25, 0.3) is 11.4 Å². The Labute approximate surface area is 222 Å². The Morgan fingerprint density at radius 1 is 1.05 bits per heavy atom. The van der Waals surface area contributed by atoms with E-state index in [0.717, 1.165) is 42.9 Å². The largest absolute Gasteiger partial charge is 0.322 e. The maximum atomic E-state index is 12.9. The van der Waals surface area contributed by atoms with Crippen LogP contribution in [0.1, 0.15) is 40.5 Å². The molecule has 2 aliphatic heterocycles. The molecule has 2 N–H and O–H groups in total. The van der Waals surface area contributed by atoms with E-state index in [2.05, 4.69) is 31.4 Å². The third-order valence-corrected chi connectivity index (χ3v) is 8.81. The van der Waals surface area contributed by atoms with E-state index >= 15 is 0 Å². The van der Waals surface area contributed by atoms with Crippen molar-refractivity contribution in [1.82, 2.24) is 25.0 Å². The standard InChI is InChI=1S/C27H31N7O3S/c28-10-13-33-11-8-22(9-12-33)26-30-25(31-32-26)21-4-6-24(7-5-21)29-27(35)23-3-1-2-20(18-23)19-34-14-16-38(36,37)17-15-34/h1-7,18,22H,8-9,11-17,19H2,(H,29,35)(H,30,31,32). The number of H-pyrrole nitrogens is 1. The highest BCUT2D eigenvalue weighted by atomic mass is 32.2. The number of hydrogen-bond acceptors (Lipinski definition) is 8. The number of nitriles is 1. The molecular weight excluding hydrogens is 502 g/mol. The minimum Gasteiger partial charge on any atom is -0.322 e. The number of nitrogens with one attached hydrogen (secondary N) is 2. The van der Waals surface area contributed by atoms with E-state index in [0.29, 0.717) is 49.2 Å². The average molecular weight is 534 g/mol. The van der Waals surface area contributed by atoms with E-state index in [-0.39, 0.29) is 17.4 Å². The van der Waals surface area contributed by atoms with Crippen molar-refractivity contribution in [2.24, 2.45) is 0 Å². The molecule has 2 aliphatic rings. The summed E-state index contributed by atoms with van der Waals surface area (Å²) in [4.78, 5) is 21.8. The van der Waals surface area contributed by atoms with Gasteiger partial charge in [-0.15, -0.1) is 0 Å². The van der Waals surface area contributed by atoms with E-state index in [1.807, 2.05) is 42.5 Å². The van der Waals surface area contributed by atoms with Gasteiger partial charge < -0.3 is 5.32 Å². The van der Waals surface area contributed by atoms with Crippen molar-refractivity contribution in [3.8, 4) is 17.5 Å². The third-order valence-electron chi connectivity index (χ3n) is 7.20. The molecule has 1 amide bonds. The first-order chi connectivity index (χ1) is 18.4. The van der Waals surface area contributed by atoms with Gasteiger partial charge in [-0.2, -0.15) is 10.4 Å². The van der Waals surface area contributed by atoms with Gasteiger partial charge in [0.15, 0.2) is 15.7 Å². The zero-order valence-electron chi connectivity index (χ0n) is 21.1. The Morgan fingerprint density at radius 2 is 1.79 bits per heavy atom. The van der Waals surface area contributed by atoms with Gasteiger partial charge in [0, 0.05) is 42.4 Å². The number of rotatable bonds is 7. The molecule has 0 aliphatic carbocycles. The van der Waals surface area contributed by atoms with Crippen molar-refractivity contribution < 1.29 is 13.2 Å². The first kappa shape index (κ1) is 26.0.